The van der Waals surface area contributed by atoms with Gasteiger partial charge in [0.25, 0.3) is 0 Å². The minimum atomic E-state index is -3.09. The van der Waals surface area contributed by atoms with Crippen LogP contribution in [0.4, 0.5) is 0 Å². The molecule has 1 amide bonds. The summed E-state index contributed by atoms with van der Waals surface area (Å²) >= 11 is 0. The van der Waals surface area contributed by atoms with Crippen LogP contribution in [0.5, 0.6) is 5.75 Å². The van der Waals surface area contributed by atoms with Crippen LogP contribution in [0.1, 0.15) is 42.8 Å². The molecule has 0 bridgehead atoms. The van der Waals surface area contributed by atoms with Crippen molar-refractivity contribution in [2.45, 2.75) is 44.7 Å². The summed E-state index contributed by atoms with van der Waals surface area (Å²) in [5, 5.41) is 0. The highest BCUT2D eigenvalue weighted by molar-refractivity contribution is 7.91. The average molecular weight is 418 g/mol. The van der Waals surface area contributed by atoms with Crippen molar-refractivity contribution in [2.24, 2.45) is 5.92 Å². The second kappa shape index (κ2) is 7.86. The number of hydrogen-bond acceptors (Lipinski definition) is 5. The van der Waals surface area contributed by atoms with Crippen molar-refractivity contribution in [3.05, 3.63) is 53.5 Å². The van der Waals surface area contributed by atoms with Gasteiger partial charge in [-0.05, 0) is 48.6 Å². The Kier molecular flexibility index (Phi) is 5.42. The molecule has 3 atom stereocenters. The lowest BCUT2D eigenvalue weighted by Gasteiger charge is -2.27. The van der Waals surface area contributed by atoms with E-state index in [1.807, 2.05) is 36.4 Å². The fourth-order valence-corrected chi connectivity index (χ4v) is 5.76. The summed E-state index contributed by atoms with van der Waals surface area (Å²) in [7, 11) is -1.50. The molecule has 4 rings (SSSR count). The van der Waals surface area contributed by atoms with Crippen LogP contribution in [0.15, 0.2) is 40.8 Å². The Morgan fingerprint density at radius 2 is 1.93 bits per heavy atom. The standard InChI is InChI=1S/C22H27NO5S/c1-15-11-20(15)21-8-7-19(28-21)13-23(17-9-10-29(25,26)14-17)22(24)12-16-3-5-18(27-2)6-4-16/h3-8,15,17,20H,9-14H2,1-2H3. The highest BCUT2D eigenvalue weighted by Gasteiger charge is 2.38. The molecule has 1 aromatic carbocycles. The maximum absolute atomic E-state index is 13.1. The molecule has 0 N–H and O–H groups in total. The number of sulfone groups is 1. The van der Waals surface area contributed by atoms with Crippen LogP contribution in [0.25, 0.3) is 0 Å². The molecule has 2 aromatic rings. The first-order valence-electron chi connectivity index (χ1n) is 10.1. The second-order valence-electron chi connectivity index (χ2n) is 8.23. The Balaban J connectivity index is 1.51. The number of carbonyl (C=O) groups is 1. The molecule has 0 spiro atoms. The Labute approximate surface area is 171 Å². The van der Waals surface area contributed by atoms with Gasteiger partial charge in [-0.2, -0.15) is 0 Å². The molecule has 29 heavy (non-hydrogen) atoms. The maximum Gasteiger partial charge on any atom is 0.227 e. The normalized spacial score (nSPS) is 25.0. The van der Waals surface area contributed by atoms with E-state index in [4.69, 9.17) is 9.15 Å². The summed E-state index contributed by atoms with van der Waals surface area (Å²) in [5.41, 5.74) is 0.869. The van der Waals surface area contributed by atoms with Crippen molar-refractivity contribution in [3.63, 3.8) is 0 Å². The molecule has 2 heterocycles. The maximum atomic E-state index is 13.1. The van der Waals surface area contributed by atoms with Crippen molar-refractivity contribution >= 4 is 15.7 Å². The molecule has 0 radical (unpaired) electrons. The van der Waals surface area contributed by atoms with E-state index in [0.717, 1.165) is 23.5 Å². The highest BCUT2D eigenvalue weighted by atomic mass is 32.2. The third kappa shape index (κ3) is 4.66. The lowest BCUT2D eigenvalue weighted by molar-refractivity contribution is -0.133. The van der Waals surface area contributed by atoms with Crippen LogP contribution in [-0.4, -0.2) is 43.9 Å². The first kappa shape index (κ1) is 20.0. The molecule has 1 saturated heterocycles. The smallest absolute Gasteiger partial charge is 0.227 e. The number of rotatable bonds is 7. The van der Waals surface area contributed by atoms with Gasteiger partial charge in [-0.1, -0.05) is 19.1 Å². The van der Waals surface area contributed by atoms with Gasteiger partial charge in [-0.15, -0.1) is 0 Å². The molecule has 7 heteroatoms. The number of ether oxygens (including phenoxy) is 1. The highest BCUT2D eigenvalue weighted by Crippen LogP contribution is 2.47. The zero-order chi connectivity index (χ0) is 20.6. The number of carbonyl (C=O) groups excluding carboxylic acids is 1. The number of furan rings is 1. The molecular weight excluding hydrogens is 390 g/mol. The average Bonchev–Trinajstić information content (AvgIpc) is 3.08. The first-order valence-corrected chi connectivity index (χ1v) is 11.9. The van der Waals surface area contributed by atoms with Gasteiger partial charge < -0.3 is 14.1 Å². The first-order chi connectivity index (χ1) is 13.8. The Morgan fingerprint density at radius 3 is 2.52 bits per heavy atom. The van der Waals surface area contributed by atoms with E-state index in [9.17, 15) is 13.2 Å². The minimum absolute atomic E-state index is 0.0224. The number of benzene rings is 1. The van der Waals surface area contributed by atoms with Crippen LogP contribution in [0, 0.1) is 5.92 Å². The van der Waals surface area contributed by atoms with Crippen LogP contribution in [0.2, 0.25) is 0 Å². The third-order valence-corrected chi connectivity index (χ3v) is 7.72. The quantitative estimate of drug-likeness (QED) is 0.692. The predicted octanol–water partition coefficient (Wildman–Crippen LogP) is 3.17. The van der Waals surface area contributed by atoms with E-state index in [2.05, 4.69) is 6.92 Å². The van der Waals surface area contributed by atoms with Crippen molar-refractivity contribution in [2.75, 3.05) is 18.6 Å². The third-order valence-electron chi connectivity index (χ3n) is 5.97. The van der Waals surface area contributed by atoms with Gasteiger partial charge in [0.05, 0.1) is 31.6 Å². The van der Waals surface area contributed by atoms with E-state index >= 15 is 0 Å². The van der Waals surface area contributed by atoms with E-state index < -0.39 is 9.84 Å². The zero-order valence-corrected chi connectivity index (χ0v) is 17.7. The Morgan fingerprint density at radius 1 is 1.21 bits per heavy atom. The molecular formula is C22H27NO5S. The lowest BCUT2D eigenvalue weighted by atomic mass is 10.1. The lowest BCUT2D eigenvalue weighted by Crippen LogP contribution is -2.41. The van der Waals surface area contributed by atoms with Crippen molar-refractivity contribution in [3.8, 4) is 5.75 Å². The van der Waals surface area contributed by atoms with E-state index in [0.29, 0.717) is 30.6 Å². The van der Waals surface area contributed by atoms with Crippen molar-refractivity contribution in [1.82, 2.24) is 4.90 Å². The van der Waals surface area contributed by atoms with E-state index in [-0.39, 0.29) is 29.9 Å². The summed E-state index contributed by atoms with van der Waals surface area (Å²) in [6.07, 6.45) is 1.83. The summed E-state index contributed by atoms with van der Waals surface area (Å²) in [6, 6.07) is 11.0. The van der Waals surface area contributed by atoms with Gasteiger partial charge in [0, 0.05) is 12.0 Å². The molecule has 3 unspecified atom stereocenters. The summed E-state index contributed by atoms with van der Waals surface area (Å²) in [4.78, 5) is 14.8. The number of nitrogens with zero attached hydrogens (tertiary/aromatic N) is 1. The topological polar surface area (TPSA) is 76.8 Å². The van der Waals surface area contributed by atoms with Gasteiger partial charge in [0.15, 0.2) is 9.84 Å². The molecule has 1 aliphatic carbocycles. The van der Waals surface area contributed by atoms with Crippen molar-refractivity contribution < 1.29 is 22.4 Å². The van der Waals surface area contributed by atoms with Crippen LogP contribution >= 0.6 is 0 Å². The largest absolute Gasteiger partial charge is 0.497 e. The van der Waals surface area contributed by atoms with Crippen LogP contribution in [0.3, 0.4) is 0 Å². The zero-order valence-electron chi connectivity index (χ0n) is 16.8. The van der Waals surface area contributed by atoms with Gasteiger partial charge in [0.1, 0.15) is 17.3 Å². The number of methoxy groups -OCH3 is 1. The molecule has 2 aliphatic rings. The van der Waals surface area contributed by atoms with E-state index in [1.54, 1.807) is 12.0 Å². The molecule has 1 aromatic heterocycles. The molecule has 1 aliphatic heterocycles. The van der Waals surface area contributed by atoms with Crippen LogP contribution < -0.4 is 4.74 Å². The molecule has 1 saturated carbocycles. The SMILES string of the molecule is COc1ccc(CC(=O)N(Cc2ccc(C3CC3C)o2)C2CCS(=O)(=O)C2)cc1. The number of amides is 1. The van der Waals surface area contributed by atoms with Crippen LogP contribution in [-0.2, 0) is 27.6 Å². The van der Waals surface area contributed by atoms with Crippen molar-refractivity contribution in [1.29, 1.82) is 0 Å². The fourth-order valence-electron chi connectivity index (χ4n) is 4.03. The van der Waals surface area contributed by atoms with Gasteiger partial charge >= 0.3 is 0 Å². The monoisotopic (exact) mass is 417 g/mol. The number of hydrogen-bond donors (Lipinski definition) is 0. The molecule has 6 nitrogen and oxygen atoms in total. The Hall–Kier alpha value is -2.28. The van der Waals surface area contributed by atoms with E-state index in [1.165, 1.54) is 0 Å². The van der Waals surface area contributed by atoms with Gasteiger partial charge in [0.2, 0.25) is 5.91 Å². The fraction of sp³-hybridized carbons (Fsp3) is 0.500. The second-order valence-corrected chi connectivity index (χ2v) is 10.5. The molecule has 156 valence electrons. The summed E-state index contributed by atoms with van der Waals surface area (Å²) < 4.78 is 35.2. The van der Waals surface area contributed by atoms with Gasteiger partial charge in [-0.25, -0.2) is 8.42 Å². The summed E-state index contributed by atoms with van der Waals surface area (Å²) in [6.45, 7) is 2.50. The molecule has 2 fully saturated rings. The Bertz CT molecular complexity index is 979. The minimum Gasteiger partial charge on any atom is -0.497 e. The summed E-state index contributed by atoms with van der Waals surface area (Å²) in [5.74, 6) is 3.59. The van der Waals surface area contributed by atoms with Gasteiger partial charge in [-0.3, -0.25) is 4.79 Å². The predicted molar refractivity (Wildman–Crippen MR) is 110 cm³/mol.